The summed E-state index contributed by atoms with van der Waals surface area (Å²) < 4.78 is 0. The Morgan fingerprint density at radius 3 is 1.74 bits per heavy atom. The van der Waals surface area contributed by atoms with E-state index >= 15 is 0 Å². The molecule has 2 aromatic heterocycles. The molecule has 2 rings (SSSR count). The van der Waals surface area contributed by atoms with Crippen molar-refractivity contribution in [2.75, 3.05) is 0 Å². The smallest absolute Gasteiger partial charge is 0.133 e. The number of aromatic nitrogens is 3. The van der Waals surface area contributed by atoms with Crippen LogP contribution in [0.1, 0.15) is 52.9 Å². The first kappa shape index (κ1) is 17.7. The van der Waals surface area contributed by atoms with Gasteiger partial charge in [-0.1, -0.05) is 52.8 Å². The van der Waals surface area contributed by atoms with Gasteiger partial charge < -0.3 is 0 Å². The summed E-state index contributed by atoms with van der Waals surface area (Å²) >= 11 is 0. The van der Waals surface area contributed by atoms with Crippen LogP contribution in [0, 0.1) is 5.41 Å². The Labute approximate surface area is 142 Å². The maximum absolute atomic E-state index is 4.64. The molecule has 0 saturated heterocycles. The molecule has 23 heavy (non-hydrogen) atoms. The van der Waals surface area contributed by atoms with Crippen molar-refractivity contribution in [2.24, 2.45) is 5.41 Å². The van der Waals surface area contributed by atoms with Crippen molar-refractivity contribution in [3.05, 3.63) is 42.1 Å². The summed E-state index contributed by atoms with van der Waals surface area (Å²) in [5.74, 6) is 0.853. The van der Waals surface area contributed by atoms with E-state index in [0.717, 1.165) is 17.1 Å². The Balaban J connectivity index is 2.30. The zero-order chi connectivity index (χ0) is 17.5. The first-order valence-corrected chi connectivity index (χ1v) is 8.22. The number of pyridine rings is 1. The van der Waals surface area contributed by atoms with Gasteiger partial charge in [-0.2, -0.15) is 0 Å². The molecule has 0 fully saturated rings. The largest absolute Gasteiger partial charge is 0.256 e. The van der Waals surface area contributed by atoms with Crippen molar-refractivity contribution in [3.8, 4) is 11.3 Å². The normalized spacial score (nSPS) is 13.1. The minimum absolute atomic E-state index is 0.0352. The fraction of sp³-hybridized carbons (Fsp3) is 0.500. The van der Waals surface area contributed by atoms with Crippen LogP contribution in [0.25, 0.3) is 11.3 Å². The zero-order valence-corrected chi connectivity index (χ0v) is 15.7. The van der Waals surface area contributed by atoms with Gasteiger partial charge in [-0.15, -0.1) is 0 Å². The third-order valence-electron chi connectivity index (χ3n) is 4.98. The minimum atomic E-state index is -0.0352. The van der Waals surface area contributed by atoms with Crippen LogP contribution in [0.2, 0.25) is 0 Å². The summed E-state index contributed by atoms with van der Waals surface area (Å²) in [5.41, 5.74) is 3.26. The van der Waals surface area contributed by atoms with Crippen molar-refractivity contribution < 1.29 is 0 Å². The van der Waals surface area contributed by atoms with Gasteiger partial charge in [-0.3, -0.25) is 4.98 Å². The van der Waals surface area contributed by atoms with Gasteiger partial charge >= 0.3 is 0 Å². The second kappa shape index (κ2) is 5.77. The van der Waals surface area contributed by atoms with Gasteiger partial charge in [0, 0.05) is 29.6 Å². The highest BCUT2D eigenvalue weighted by Crippen LogP contribution is 2.36. The molecule has 0 amide bonds. The van der Waals surface area contributed by atoms with E-state index in [2.05, 4.69) is 84.3 Å². The van der Waals surface area contributed by atoms with Crippen molar-refractivity contribution in [3.63, 3.8) is 0 Å². The molecule has 0 N–H and O–H groups in total. The van der Waals surface area contributed by atoms with Crippen LogP contribution >= 0.6 is 0 Å². The Bertz CT molecular complexity index is 663. The van der Waals surface area contributed by atoms with Gasteiger partial charge in [0.1, 0.15) is 21.5 Å². The zero-order valence-electron chi connectivity index (χ0n) is 15.7. The molecular formula is C18H27B2N3. The molecule has 2 aromatic rings. The number of rotatable bonds is 2. The fourth-order valence-corrected chi connectivity index (χ4v) is 2.21. The summed E-state index contributed by atoms with van der Waals surface area (Å²) in [7, 11) is 4.54. The molecule has 5 heteroatoms. The van der Waals surface area contributed by atoms with Crippen LogP contribution in [0.3, 0.4) is 0 Å². The Kier molecular flexibility index (Phi) is 4.44. The molecule has 0 spiro atoms. The number of nitrogens with zero attached hydrogens (tertiary/aromatic N) is 3. The lowest BCUT2D eigenvalue weighted by Gasteiger charge is -2.39. The lowest BCUT2D eigenvalue weighted by Crippen LogP contribution is -2.41. The quantitative estimate of drug-likeness (QED) is 0.799. The number of hydrogen-bond donors (Lipinski definition) is 0. The fourth-order valence-electron chi connectivity index (χ4n) is 2.21. The van der Waals surface area contributed by atoms with Gasteiger partial charge in [0.05, 0.1) is 5.69 Å². The summed E-state index contributed by atoms with van der Waals surface area (Å²) in [6.07, 6.45) is 5.72. The van der Waals surface area contributed by atoms with Gasteiger partial charge in [0.25, 0.3) is 0 Å². The average Bonchev–Trinajstić information content (AvgIpc) is 2.45. The molecule has 3 nitrogen and oxygen atoms in total. The third kappa shape index (κ3) is 3.65. The van der Waals surface area contributed by atoms with Crippen LogP contribution < -0.4 is 0 Å². The second-order valence-corrected chi connectivity index (χ2v) is 8.85. The van der Waals surface area contributed by atoms with E-state index in [1.807, 2.05) is 18.6 Å². The van der Waals surface area contributed by atoms with Gasteiger partial charge in [-0.25, -0.2) is 9.97 Å². The van der Waals surface area contributed by atoms with Crippen LogP contribution in [0.4, 0.5) is 0 Å². The van der Waals surface area contributed by atoms with Crippen LogP contribution in [-0.2, 0) is 10.6 Å². The van der Waals surface area contributed by atoms with E-state index < -0.39 is 0 Å². The monoisotopic (exact) mass is 307 g/mol. The van der Waals surface area contributed by atoms with Crippen molar-refractivity contribution in [1.29, 1.82) is 0 Å². The molecule has 0 bridgehead atoms. The maximum atomic E-state index is 4.64. The molecule has 120 valence electrons. The topological polar surface area (TPSA) is 38.7 Å². The van der Waals surface area contributed by atoms with E-state index in [1.165, 1.54) is 5.56 Å². The maximum Gasteiger partial charge on any atom is 0.133 e. The van der Waals surface area contributed by atoms with E-state index in [1.54, 1.807) is 0 Å². The third-order valence-corrected chi connectivity index (χ3v) is 4.98. The summed E-state index contributed by atoms with van der Waals surface area (Å²) in [5, 5.41) is 0.0606. The molecule has 0 saturated carbocycles. The highest BCUT2D eigenvalue weighted by Gasteiger charge is 2.34. The standard InChI is InChI=1S/C18H27B2N3/c1-16(2,3)15-22-9-12(10-23-15)14-8-7-13(11-21-14)18(19,20)17(4,5)6/h7-11H,19-20H2,1-6H3. The van der Waals surface area contributed by atoms with E-state index in [9.17, 15) is 0 Å². The second-order valence-electron chi connectivity index (χ2n) is 8.85. The molecular weight excluding hydrogens is 280 g/mol. The molecule has 0 aliphatic rings. The first-order chi connectivity index (χ1) is 10.4. The summed E-state index contributed by atoms with van der Waals surface area (Å²) in [6, 6.07) is 4.24. The highest BCUT2D eigenvalue weighted by molar-refractivity contribution is 6.40. The SMILES string of the molecule is BC(B)(c1ccc(-c2cnc(C(C)(C)C)nc2)nc1)C(C)(C)C. The minimum Gasteiger partial charge on any atom is -0.256 e. The lowest BCUT2D eigenvalue weighted by atomic mass is 9.41. The first-order valence-electron chi connectivity index (χ1n) is 8.22. The predicted molar refractivity (Wildman–Crippen MR) is 102 cm³/mol. The van der Waals surface area contributed by atoms with Gasteiger partial charge in [-0.05, 0) is 17.0 Å². The molecule has 0 aromatic carbocycles. The van der Waals surface area contributed by atoms with Crippen LogP contribution in [0.15, 0.2) is 30.7 Å². The molecule has 0 atom stereocenters. The van der Waals surface area contributed by atoms with Crippen LogP contribution in [-0.4, -0.2) is 30.6 Å². The van der Waals surface area contributed by atoms with Crippen LogP contribution in [0.5, 0.6) is 0 Å². The van der Waals surface area contributed by atoms with Crippen molar-refractivity contribution >= 4 is 15.7 Å². The molecule has 0 radical (unpaired) electrons. The predicted octanol–water partition coefficient (Wildman–Crippen LogP) is 2.30. The Morgan fingerprint density at radius 2 is 1.35 bits per heavy atom. The van der Waals surface area contributed by atoms with E-state index in [4.69, 9.17) is 0 Å². The lowest BCUT2D eigenvalue weighted by molar-refractivity contribution is 0.358. The van der Waals surface area contributed by atoms with Gasteiger partial charge in [0.2, 0.25) is 0 Å². The van der Waals surface area contributed by atoms with E-state index in [-0.39, 0.29) is 16.0 Å². The molecule has 2 heterocycles. The van der Waals surface area contributed by atoms with E-state index in [0.29, 0.717) is 0 Å². The average molecular weight is 307 g/mol. The molecule has 0 aliphatic heterocycles. The van der Waals surface area contributed by atoms with Crippen molar-refractivity contribution in [2.45, 2.75) is 52.2 Å². The highest BCUT2D eigenvalue weighted by atomic mass is 14.9. The summed E-state index contributed by atoms with van der Waals surface area (Å²) in [6.45, 7) is 13.1. The Morgan fingerprint density at radius 1 is 0.783 bits per heavy atom. The molecule has 0 aliphatic carbocycles. The Hall–Kier alpha value is -1.64. The van der Waals surface area contributed by atoms with Gasteiger partial charge in [0.15, 0.2) is 0 Å². The molecule has 0 unspecified atom stereocenters. The van der Waals surface area contributed by atoms with Crippen molar-refractivity contribution in [1.82, 2.24) is 15.0 Å². The summed E-state index contributed by atoms with van der Waals surface area (Å²) in [4.78, 5) is 13.6. The number of hydrogen-bond acceptors (Lipinski definition) is 3.